The highest BCUT2D eigenvalue weighted by molar-refractivity contribution is 5.82. The van der Waals surface area contributed by atoms with E-state index >= 15 is 0 Å². The highest BCUT2D eigenvalue weighted by Gasteiger charge is 2.33. The summed E-state index contributed by atoms with van der Waals surface area (Å²) in [6.07, 6.45) is 3.24. The summed E-state index contributed by atoms with van der Waals surface area (Å²) in [5.74, 6) is 0.0769. The van der Waals surface area contributed by atoms with Crippen molar-refractivity contribution in [3.8, 4) is 0 Å². The third-order valence-corrected chi connectivity index (χ3v) is 3.17. The fraction of sp³-hybridized carbons (Fsp3) is 0.846. The first-order valence-electron chi connectivity index (χ1n) is 6.73. The Hall–Kier alpha value is -1.10. The van der Waals surface area contributed by atoms with E-state index in [4.69, 9.17) is 10.5 Å². The van der Waals surface area contributed by atoms with Gasteiger partial charge in [0.15, 0.2) is 0 Å². The normalized spacial score (nSPS) is 16.2. The zero-order chi connectivity index (χ0) is 13.5. The lowest BCUT2D eigenvalue weighted by Gasteiger charge is -2.22. The molecule has 0 bridgehead atoms. The summed E-state index contributed by atoms with van der Waals surface area (Å²) in [5, 5.41) is 0. The average molecular weight is 256 g/mol. The van der Waals surface area contributed by atoms with E-state index in [1.54, 1.807) is 11.8 Å². The van der Waals surface area contributed by atoms with Gasteiger partial charge >= 0.3 is 5.97 Å². The Balaban J connectivity index is 2.40. The van der Waals surface area contributed by atoms with E-state index in [1.807, 2.05) is 6.92 Å². The summed E-state index contributed by atoms with van der Waals surface area (Å²) in [5.41, 5.74) is 5.53. The maximum Gasteiger partial charge on any atom is 0.325 e. The van der Waals surface area contributed by atoms with Gasteiger partial charge in [-0.15, -0.1) is 0 Å². The van der Waals surface area contributed by atoms with Crippen molar-refractivity contribution in [2.75, 3.05) is 19.7 Å². The highest BCUT2D eigenvalue weighted by atomic mass is 16.5. The summed E-state index contributed by atoms with van der Waals surface area (Å²) < 4.78 is 4.89. The van der Waals surface area contributed by atoms with Crippen molar-refractivity contribution in [2.24, 2.45) is 11.7 Å². The van der Waals surface area contributed by atoms with E-state index < -0.39 is 0 Å². The Labute approximate surface area is 109 Å². The molecule has 0 heterocycles. The molecule has 1 atom stereocenters. The van der Waals surface area contributed by atoms with Gasteiger partial charge in [0.25, 0.3) is 0 Å². The quantitative estimate of drug-likeness (QED) is 0.655. The molecule has 18 heavy (non-hydrogen) atoms. The van der Waals surface area contributed by atoms with Crippen molar-refractivity contribution in [1.82, 2.24) is 4.90 Å². The first kappa shape index (κ1) is 15.0. The molecule has 1 amide bonds. The molecule has 5 nitrogen and oxygen atoms in total. The highest BCUT2D eigenvalue weighted by Crippen LogP contribution is 2.27. The van der Waals surface area contributed by atoms with Crippen LogP contribution in [0.5, 0.6) is 0 Å². The van der Waals surface area contributed by atoms with Crippen LogP contribution in [-0.4, -0.2) is 42.5 Å². The van der Waals surface area contributed by atoms with Crippen LogP contribution in [-0.2, 0) is 14.3 Å². The van der Waals surface area contributed by atoms with Crippen molar-refractivity contribution in [3.05, 3.63) is 0 Å². The maximum atomic E-state index is 12.1. The second-order valence-corrected chi connectivity index (χ2v) is 4.94. The minimum Gasteiger partial charge on any atom is -0.465 e. The third-order valence-electron chi connectivity index (χ3n) is 3.17. The number of carbonyl (C=O) groups is 2. The second kappa shape index (κ2) is 7.36. The fourth-order valence-electron chi connectivity index (χ4n) is 1.78. The number of amides is 1. The van der Waals surface area contributed by atoms with Crippen LogP contribution >= 0.6 is 0 Å². The number of hydrogen-bond acceptors (Lipinski definition) is 4. The molecule has 0 aromatic rings. The van der Waals surface area contributed by atoms with E-state index in [0.717, 1.165) is 19.3 Å². The molecule has 1 unspecified atom stereocenters. The summed E-state index contributed by atoms with van der Waals surface area (Å²) in [6, 6.07) is 0.245. The Bertz CT molecular complexity index is 290. The molecule has 1 saturated carbocycles. The number of nitrogens with two attached hydrogens (primary N) is 1. The van der Waals surface area contributed by atoms with Crippen LogP contribution in [0, 0.1) is 5.92 Å². The standard InChI is InChI=1S/C13H24N2O3/c1-3-18-13(17)9-15(11-5-6-11)12(16)7-4-10(2)8-14/h10-11H,3-9,14H2,1-2H3. The van der Waals surface area contributed by atoms with E-state index in [2.05, 4.69) is 0 Å². The van der Waals surface area contributed by atoms with Gasteiger partial charge in [0.1, 0.15) is 6.54 Å². The molecule has 0 saturated heterocycles. The van der Waals surface area contributed by atoms with E-state index in [1.165, 1.54) is 0 Å². The zero-order valence-corrected chi connectivity index (χ0v) is 11.4. The average Bonchev–Trinajstić information content (AvgIpc) is 3.17. The molecule has 5 heteroatoms. The summed E-state index contributed by atoms with van der Waals surface area (Å²) in [6.45, 7) is 4.84. The topological polar surface area (TPSA) is 72.6 Å². The van der Waals surface area contributed by atoms with Crippen molar-refractivity contribution in [1.29, 1.82) is 0 Å². The van der Waals surface area contributed by atoms with Crippen molar-refractivity contribution < 1.29 is 14.3 Å². The number of hydrogen-bond donors (Lipinski definition) is 1. The van der Waals surface area contributed by atoms with Gasteiger partial charge in [-0.2, -0.15) is 0 Å². The molecule has 0 aromatic carbocycles. The van der Waals surface area contributed by atoms with Crippen LogP contribution in [0.2, 0.25) is 0 Å². The summed E-state index contributed by atoms with van der Waals surface area (Å²) >= 11 is 0. The number of rotatable bonds is 8. The molecular weight excluding hydrogens is 232 g/mol. The number of esters is 1. The van der Waals surface area contributed by atoms with E-state index in [-0.39, 0.29) is 24.5 Å². The molecule has 1 rings (SSSR count). The van der Waals surface area contributed by atoms with Gasteiger partial charge < -0.3 is 15.4 Å². The predicted molar refractivity (Wildman–Crippen MR) is 68.8 cm³/mol. The number of ether oxygens (including phenoxy) is 1. The minimum absolute atomic E-state index is 0.0471. The fourth-order valence-corrected chi connectivity index (χ4v) is 1.78. The molecule has 1 aliphatic rings. The zero-order valence-electron chi connectivity index (χ0n) is 11.4. The Morgan fingerprint density at radius 2 is 2.11 bits per heavy atom. The van der Waals surface area contributed by atoms with E-state index in [9.17, 15) is 9.59 Å². The molecule has 0 spiro atoms. The van der Waals surface area contributed by atoms with Gasteiger partial charge in [-0.1, -0.05) is 6.92 Å². The molecule has 1 fully saturated rings. The van der Waals surface area contributed by atoms with Gasteiger partial charge in [0.2, 0.25) is 5.91 Å². The first-order chi connectivity index (χ1) is 8.58. The monoisotopic (exact) mass is 256 g/mol. The smallest absolute Gasteiger partial charge is 0.325 e. The Morgan fingerprint density at radius 1 is 1.44 bits per heavy atom. The lowest BCUT2D eigenvalue weighted by Crippen LogP contribution is -2.38. The Kier molecular flexibility index (Phi) is 6.12. The SMILES string of the molecule is CCOC(=O)CN(C(=O)CCC(C)CN)C1CC1. The largest absolute Gasteiger partial charge is 0.465 e. The summed E-state index contributed by atoms with van der Waals surface area (Å²) in [7, 11) is 0. The van der Waals surface area contributed by atoms with Gasteiger partial charge in [0, 0.05) is 12.5 Å². The van der Waals surface area contributed by atoms with Crippen LogP contribution in [0.1, 0.15) is 39.5 Å². The van der Waals surface area contributed by atoms with Crippen LogP contribution in [0.25, 0.3) is 0 Å². The van der Waals surface area contributed by atoms with Gasteiger partial charge in [-0.3, -0.25) is 9.59 Å². The molecular formula is C13H24N2O3. The van der Waals surface area contributed by atoms with Crippen LogP contribution < -0.4 is 5.73 Å². The molecule has 2 N–H and O–H groups in total. The number of carbonyl (C=O) groups excluding carboxylic acids is 2. The third kappa shape index (κ3) is 5.04. The van der Waals surface area contributed by atoms with Gasteiger partial charge in [-0.25, -0.2) is 0 Å². The lowest BCUT2D eigenvalue weighted by atomic mass is 10.1. The van der Waals surface area contributed by atoms with Crippen molar-refractivity contribution in [2.45, 2.75) is 45.6 Å². The van der Waals surface area contributed by atoms with Crippen molar-refractivity contribution in [3.63, 3.8) is 0 Å². The van der Waals surface area contributed by atoms with Crippen molar-refractivity contribution >= 4 is 11.9 Å². The van der Waals surface area contributed by atoms with Crippen LogP contribution in [0.15, 0.2) is 0 Å². The molecule has 0 aromatic heterocycles. The minimum atomic E-state index is -0.315. The predicted octanol–water partition coefficient (Wildman–Crippen LogP) is 0.915. The lowest BCUT2D eigenvalue weighted by molar-refractivity contribution is -0.149. The van der Waals surface area contributed by atoms with Crippen LogP contribution in [0.4, 0.5) is 0 Å². The molecule has 1 aliphatic carbocycles. The molecule has 0 radical (unpaired) electrons. The molecule has 0 aliphatic heterocycles. The maximum absolute atomic E-state index is 12.1. The number of nitrogens with zero attached hydrogens (tertiary/aromatic N) is 1. The summed E-state index contributed by atoms with van der Waals surface area (Å²) in [4.78, 5) is 25.2. The molecule has 104 valence electrons. The van der Waals surface area contributed by atoms with Gasteiger partial charge in [0.05, 0.1) is 6.61 Å². The first-order valence-corrected chi connectivity index (χ1v) is 6.73. The van der Waals surface area contributed by atoms with Gasteiger partial charge in [-0.05, 0) is 38.6 Å². The van der Waals surface area contributed by atoms with E-state index in [0.29, 0.717) is 25.5 Å². The second-order valence-electron chi connectivity index (χ2n) is 4.94. The van der Waals surface area contributed by atoms with Crippen LogP contribution in [0.3, 0.4) is 0 Å². The Morgan fingerprint density at radius 3 is 2.61 bits per heavy atom.